The molecule has 0 unspecified atom stereocenters. The van der Waals surface area contributed by atoms with Crippen LogP contribution in [0.1, 0.15) is 67.4 Å². The molecule has 3 heterocycles. The molecule has 0 radical (unpaired) electrons. The van der Waals surface area contributed by atoms with E-state index in [0.717, 1.165) is 0 Å². The van der Waals surface area contributed by atoms with Crippen LogP contribution in [-0.4, -0.2) is 78.7 Å². The Hall–Kier alpha value is -1.03. The highest BCUT2D eigenvalue weighted by atomic mass is 28.5. The number of aliphatic hydroxyl groups is 2. The van der Waals surface area contributed by atoms with E-state index in [0.29, 0.717) is 17.1 Å². The summed E-state index contributed by atoms with van der Waals surface area (Å²) in [5, 5.41) is 22.0. The van der Waals surface area contributed by atoms with Crippen LogP contribution in [0.5, 0.6) is 11.5 Å². The number of benzene rings is 1. The summed E-state index contributed by atoms with van der Waals surface area (Å²) in [6.45, 7) is 17.7. The van der Waals surface area contributed by atoms with Crippen LogP contribution in [0.25, 0.3) is 0 Å². The van der Waals surface area contributed by atoms with Gasteiger partial charge in [-0.2, -0.15) is 0 Å². The van der Waals surface area contributed by atoms with E-state index < -0.39 is 53.4 Å². The lowest BCUT2D eigenvalue weighted by molar-refractivity contribution is -0.247. The molecule has 3 saturated heterocycles. The molecule has 3 aliphatic heterocycles. The Balaban J connectivity index is 1.77. The number of aliphatic hydroxyl groups excluding tert-OH is 2. The van der Waals surface area contributed by atoms with Crippen molar-refractivity contribution in [2.45, 2.75) is 120 Å². The number of fused-ring (bicyclic) bond motifs is 2. The lowest BCUT2D eigenvalue weighted by Crippen LogP contribution is -2.60. The van der Waals surface area contributed by atoms with Crippen molar-refractivity contribution in [3.63, 3.8) is 0 Å². The third-order valence-corrected chi connectivity index (χ3v) is 19.0. The van der Waals surface area contributed by atoms with Crippen molar-refractivity contribution < 1.29 is 42.1 Å². The average molecular weight is 585 g/mol. The van der Waals surface area contributed by atoms with E-state index in [1.807, 2.05) is 6.07 Å². The Morgan fingerprint density at radius 1 is 0.821 bits per heavy atom. The third kappa shape index (κ3) is 5.12. The van der Waals surface area contributed by atoms with Crippen molar-refractivity contribution in [1.29, 1.82) is 0 Å². The van der Waals surface area contributed by atoms with Gasteiger partial charge in [0, 0.05) is 12.0 Å². The standard InChI is InChI=1S/C28H48O9Si2/c1-16(2)38(17(3)4)33-15-24(36-39(37-38,18(5)6)19(7)8)26-27-25(30)21(29)14-28(34-26,35-27)20-11-12-22(31-9)23(13-20)32-10/h11-13,16-19,21,24-27,29-30H,14-15H2,1-10H3/t21-,24+,25+,26+,27+,28+/m0/s1. The van der Waals surface area contributed by atoms with Crippen LogP contribution < -0.4 is 9.47 Å². The number of methoxy groups -OCH3 is 2. The maximum absolute atomic E-state index is 11.1. The van der Waals surface area contributed by atoms with Crippen molar-refractivity contribution in [2.24, 2.45) is 0 Å². The molecule has 39 heavy (non-hydrogen) atoms. The molecule has 3 fully saturated rings. The lowest BCUT2D eigenvalue weighted by Gasteiger charge is -2.46. The first kappa shape index (κ1) is 30.9. The summed E-state index contributed by atoms with van der Waals surface area (Å²) in [6, 6.07) is 5.43. The summed E-state index contributed by atoms with van der Waals surface area (Å²) in [5.41, 5.74) is 1.42. The summed E-state index contributed by atoms with van der Waals surface area (Å²) in [6.07, 6.45) is -4.14. The van der Waals surface area contributed by atoms with Crippen LogP contribution in [0.3, 0.4) is 0 Å². The Bertz CT molecular complexity index is 987. The number of hydrogen-bond acceptors (Lipinski definition) is 9. The normalized spacial score (nSPS) is 34.1. The van der Waals surface area contributed by atoms with Crippen molar-refractivity contribution in [1.82, 2.24) is 0 Å². The van der Waals surface area contributed by atoms with Crippen molar-refractivity contribution in [3.8, 4) is 11.5 Å². The fourth-order valence-corrected chi connectivity index (χ4v) is 17.7. The molecule has 0 spiro atoms. The molecule has 0 amide bonds. The molecule has 0 saturated carbocycles. The predicted octanol–water partition coefficient (Wildman–Crippen LogP) is 4.72. The molecule has 4 rings (SSSR count). The molecule has 1 aromatic rings. The van der Waals surface area contributed by atoms with Gasteiger partial charge in [0.2, 0.25) is 0 Å². The predicted molar refractivity (Wildman–Crippen MR) is 151 cm³/mol. The highest BCUT2D eigenvalue weighted by molar-refractivity contribution is 6.84. The molecule has 222 valence electrons. The summed E-state index contributed by atoms with van der Waals surface area (Å²) in [5.74, 6) is -0.185. The smallest absolute Gasteiger partial charge is 0.335 e. The van der Waals surface area contributed by atoms with E-state index in [1.54, 1.807) is 26.4 Å². The first-order chi connectivity index (χ1) is 18.3. The van der Waals surface area contributed by atoms with Gasteiger partial charge >= 0.3 is 17.1 Å². The van der Waals surface area contributed by atoms with Crippen LogP contribution in [0, 0.1) is 0 Å². The van der Waals surface area contributed by atoms with Gasteiger partial charge < -0.3 is 42.1 Å². The van der Waals surface area contributed by atoms with Gasteiger partial charge in [-0.25, -0.2) is 0 Å². The second-order valence-electron chi connectivity index (χ2n) is 12.4. The number of ether oxygens (including phenoxy) is 4. The SMILES string of the molecule is COc1ccc([C@@]23C[C@H](O)[C@@H](O)[C@@H](O2)[C@@H]([C@H]2CO[Si](C(C)C)(C(C)C)O[Si](C(C)C)(C(C)C)O2)O3)cc1OC. The summed E-state index contributed by atoms with van der Waals surface area (Å²) in [7, 11) is -2.44. The highest BCUT2D eigenvalue weighted by Gasteiger charge is 2.64. The summed E-state index contributed by atoms with van der Waals surface area (Å²) >= 11 is 0. The Morgan fingerprint density at radius 2 is 1.38 bits per heavy atom. The van der Waals surface area contributed by atoms with Gasteiger partial charge in [-0.3, -0.25) is 0 Å². The van der Waals surface area contributed by atoms with Crippen LogP contribution >= 0.6 is 0 Å². The largest absolute Gasteiger partial charge is 0.493 e. The number of rotatable bonds is 8. The first-order valence-electron chi connectivity index (χ1n) is 14.2. The monoisotopic (exact) mass is 584 g/mol. The van der Waals surface area contributed by atoms with Crippen LogP contribution in [0.15, 0.2) is 18.2 Å². The van der Waals surface area contributed by atoms with Crippen LogP contribution in [-0.2, 0) is 28.2 Å². The van der Waals surface area contributed by atoms with Gasteiger partial charge in [0.05, 0.1) is 33.0 Å². The molecule has 1 aromatic carbocycles. The topological polar surface area (TPSA) is 105 Å². The molecule has 6 atom stereocenters. The average Bonchev–Trinajstić information content (AvgIpc) is 3.09. The van der Waals surface area contributed by atoms with Gasteiger partial charge in [-0.15, -0.1) is 0 Å². The molecule has 0 aliphatic carbocycles. The quantitative estimate of drug-likeness (QED) is 0.420. The number of hydrogen-bond donors (Lipinski definition) is 2. The van der Waals surface area contributed by atoms with E-state index in [4.69, 9.17) is 31.9 Å². The lowest BCUT2D eigenvalue weighted by atomic mass is 9.91. The Labute approximate surface area is 235 Å². The molecular formula is C28H48O9Si2. The first-order valence-corrected chi connectivity index (χ1v) is 18.2. The molecular weight excluding hydrogens is 536 g/mol. The van der Waals surface area contributed by atoms with E-state index in [2.05, 4.69) is 55.4 Å². The zero-order chi connectivity index (χ0) is 28.9. The fraction of sp³-hybridized carbons (Fsp3) is 0.786. The zero-order valence-corrected chi connectivity index (χ0v) is 27.1. The Morgan fingerprint density at radius 3 is 1.92 bits per heavy atom. The van der Waals surface area contributed by atoms with Gasteiger partial charge in [-0.05, 0) is 40.4 Å². The van der Waals surface area contributed by atoms with E-state index in [9.17, 15) is 10.2 Å². The second-order valence-corrected chi connectivity index (χ2v) is 21.2. The summed E-state index contributed by atoms with van der Waals surface area (Å²) < 4.78 is 45.3. The zero-order valence-electron chi connectivity index (χ0n) is 25.1. The fourth-order valence-electron chi connectivity index (χ4n) is 6.55. The summed E-state index contributed by atoms with van der Waals surface area (Å²) in [4.78, 5) is 0. The van der Waals surface area contributed by atoms with Crippen molar-refractivity contribution in [2.75, 3.05) is 20.8 Å². The minimum atomic E-state index is -2.87. The van der Waals surface area contributed by atoms with Gasteiger partial charge in [0.25, 0.3) is 0 Å². The maximum Gasteiger partial charge on any atom is 0.335 e. The maximum atomic E-state index is 11.1. The van der Waals surface area contributed by atoms with Crippen molar-refractivity contribution in [3.05, 3.63) is 23.8 Å². The van der Waals surface area contributed by atoms with E-state index in [1.165, 1.54) is 0 Å². The van der Waals surface area contributed by atoms with Gasteiger partial charge in [0.1, 0.15) is 18.3 Å². The highest BCUT2D eigenvalue weighted by Crippen LogP contribution is 2.52. The molecule has 9 nitrogen and oxygen atoms in total. The van der Waals surface area contributed by atoms with Crippen LogP contribution in [0.4, 0.5) is 0 Å². The molecule has 0 aromatic heterocycles. The minimum absolute atomic E-state index is 0.0638. The molecule has 2 bridgehead atoms. The van der Waals surface area contributed by atoms with Gasteiger partial charge in [-0.1, -0.05) is 55.4 Å². The van der Waals surface area contributed by atoms with E-state index >= 15 is 0 Å². The molecule has 2 N–H and O–H groups in total. The van der Waals surface area contributed by atoms with Gasteiger partial charge in [0.15, 0.2) is 17.3 Å². The molecule has 3 aliphatic rings. The van der Waals surface area contributed by atoms with Crippen LogP contribution in [0.2, 0.25) is 22.2 Å². The van der Waals surface area contributed by atoms with E-state index in [-0.39, 0.29) is 35.2 Å². The third-order valence-electron chi connectivity index (χ3n) is 8.72. The molecule has 11 heteroatoms. The Kier molecular flexibility index (Phi) is 8.99. The minimum Gasteiger partial charge on any atom is -0.493 e. The second kappa shape index (κ2) is 11.3. The van der Waals surface area contributed by atoms with Crippen molar-refractivity contribution >= 4 is 17.1 Å².